The second-order valence-electron chi connectivity index (χ2n) is 6.11. The fourth-order valence-corrected chi connectivity index (χ4v) is 3.24. The fourth-order valence-electron chi connectivity index (χ4n) is 2.90. The Morgan fingerprint density at radius 3 is 2.12 bits per heavy atom. The summed E-state index contributed by atoms with van der Waals surface area (Å²) in [6.45, 7) is 0. The van der Waals surface area contributed by atoms with Gasteiger partial charge in [0.05, 0.1) is 10.7 Å². The predicted molar refractivity (Wildman–Crippen MR) is 101 cm³/mol. The highest BCUT2D eigenvalue weighted by Gasteiger charge is 2.18. The molecule has 4 nitrogen and oxygen atoms in total. The van der Waals surface area contributed by atoms with Crippen LogP contribution in [0.4, 0.5) is 5.69 Å². The normalized spacial score (nSPS) is 14.3. The maximum absolute atomic E-state index is 12.3. The van der Waals surface area contributed by atoms with E-state index in [2.05, 4.69) is 10.6 Å². The Morgan fingerprint density at radius 1 is 0.880 bits per heavy atom. The Balaban J connectivity index is 1.65. The van der Waals surface area contributed by atoms with Crippen LogP contribution in [-0.2, 0) is 0 Å². The molecule has 2 aromatic carbocycles. The Hall–Kier alpha value is -2.04. The smallest absolute Gasteiger partial charge is 0.255 e. The van der Waals surface area contributed by atoms with Gasteiger partial charge >= 0.3 is 0 Å². The molecule has 2 amide bonds. The summed E-state index contributed by atoms with van der Waals surface area (Å²) in [6.07, 6.45) is 4.39. The molecule has 0 bridgehead atoms. The molecule has 6 heteroatoms. The highest BCUT2D eigenvalue weighted by molar-refractivity contribution is 6.35. The first kappa shape index (κ1) is 17.8. The minimum atomic E-state index is -0.313. The molecule has 0 atom stereocenters. The van der Waals surface area contributed by atoms with E-state index in [1.807, 2.05) is 0 Å². The number of amides is 2. The van der Waals surface area contributed by atoms with Crippen molar-refractivity contribution in [1.29, 1.82) is 0 Å². The molecule has 1 aliphatic rings. The van der Waals surface area contributed by atoms with Gasteiger partial charge in [0.25, 0.3) is 11.8 Å². The Bertz CT molecular complexity index is 785. The lowest BCUT2D eigenvalue weighted by molar-refractivity contribution is 0.0936. The molecule has 130 valence electrons. The summed E-state index contributed by atoms with van der Waals surface area (Å²) in [4.78, 5) is 24.5. The van der Waals surface area contributed by atoms with E-state index >= 15 is 0 Å². The van der Waals surface area contributed by atoms with Crippen LogP contribution in [0.3, 0.4) is 0 Å². The minimum Gasteiger partial charge on any atom is -0.349 e. The molecule has 1 fully saturated rings. The Kier molecular flexibility index (Phi) is 5.61. The maximum Gasteiger partial charge on any atom is 0.255 e. The molecular formula is C19H18Cl2N2O2. The van der Waals surface area contributed by atoms with E-state index in [9.17, 15) is 9.59 Å². The van der Waals surface area contributed by atoms with Crippen LogP contribution in [-0.4, -0.2) is 17.9 Å². The van der Waals surface area contributed by atoms with E-state index in [-0.39, 0.29) is 17.9 Å². The molecule has 25 heavy (non-hydrogen) atoms. The van der Waals surface area contributed by atoms with Crippen LogP contribution in [0.5, 0.6) is 0 Å². The van der Waals surface area contributed by atoms with E-state index < -0.39 is 0 Å². The van der Waals surface area contributed by atoms with E-state index in [1.54, 1.807) is 42.5 Å². The number of benzene rings is 2. The number of rotatable bonds is 4. The summed E-state index contributed by atoms with van der Waals surface area (Å²) in [5.41, 5.74) is 1.43. The van der Waals surface area contributed by atoms with Crippen LogP contribution in [0.2, 0.25) is 10.0 Å². The number of carbonyl (C=O) groups is 2. The minimum absolute atomic E-state index is 0.100. The molecule has 0 saturated heterocycles. The third kappa shape index (κ3) is 4.53. The van der Waals surface area contributed by atoms with Crippen LogP contribution in [0.15, 0.2) is 42.5 Å². The van der Waals surface area contributed by atoms with Crippen LogP contribution in [0.1, 0.15) is 46.4 Å². The summed E-state index contributed by atoms with van der Waals surface area (Å²) in [5, 5.41) is 6.64. The highest BCUT2D eigenvalue weighted by Crippen LogP contribution is 2.26. The SMILES string of the molecule is O=C(Nc1cc(Cl)ccc1Cl)c1ccc(C(=O)NC2CCCC2)cc1. The van der Waals surface area contributed by atoms with Crippen molar-refractivity contribution in [3.8, 4) is 0 Å². The molecule has 1 saturated carbocycles. The van der Waals surface area contributed by atoms with Gasteiger partial charge in [-0.1, -0.05) is 36.0 Å². The summed E-state index contributed by atoms with van der Waals surface area (Å²) in [5.74, 6) is -0.413. The van der Waals surface area contributed by atoms with Gasteiger partial charge < -0.3 is 10.6 Å². The number of nitrogens with one attached hydrogen (secondary N) is 2. The number of carbonyl (C=O) groups excluding carboxylic acids is 2. The molecule has 1 aliphatic carbocycles. The number of hydrogen-bond acceptors (Lipinski definition) is 2. The van der Waals surface area contributed by atoms with E-state index in [4.69, 9.17) is 23.2 Å². The topological polar surface area (TPSA) is 58.2 Å². The van der Waals surface area contributed by atoms with Gasteiger partial charge in [-0.05, 0) is 55.3 Å². The molecule has 0 spiro atoms. The molecule has 2 N–H and O–H groups in total. The second kappa shape index (κ2) is 7.89. The number of halogens is 2. The average Bonchev–Trinajstić information content (AvgIpc) is 3.11. The van der Waals surface area contributed by atoms with Crippen molar-refractivity contribution in [1.82, 2.24) is 5.32 Å². The van der Waals surface area contributed by atoms with Crippen LogP contribution in [0.25, 0.3) is 0 Å². The summed E-state index contributed by atoms with van der Waals surface area (Å²) >= 11 is 12.0. The van der Waals surface area contributed by atoms with Gasteiger partial charge in [0.1, 0.15) is 0 Å². The first-order valence-electron chi connectivity index (χ1n) is 8.20. The molecule has 2 aromatic rings. The second-order valence-corrected chi connectivity index (χ2v) is 6.95. The van der Waals surface area contributed by atoms with Gasteiger partial charge in [0.2, 0.25) is 0 Å². The van der Waals surface area contributed by atoms with Gasteiger partial charge in [-0.25, -0.2) is 0 Å². The third-order valence-corrected chi connectivity index (χ3v) is 4.84. The lowest BCUT2D eigenvalue weighted by Crippen LogP contribution is -2.32. The zero-order valence-corrected chi connectivity index (χ0v) is 15.0. The van der Waals surface area contributed by atoms with E-state index in [0.717, 1.165) is 25.7 Å². The lowest BCUT2D eigenvalue weighted by Gasteiger charge is -2.12. The summed E-state index contributed by atoms with van der Waals surface area (Å²) in [7, 11) is 0. The zero-order chi connectivity index (χ0) is 17.8. The molecule has 0 unspecified atom stereocenters. The van der Waals surface area contributed by atoms with Gasteiger partial charge in [-0.2, -0.15) is 0 Å². The number of hydrogen-bond donors (Lipinski definition) is 2. The molecule has 0 aliphatic heterocycles. The van der Waals surface area contributed by atoms with E-state index in [1.165, 1.54) is 0 Å². The quantitative estimate of drug-likeness (QED) is 0.795. The molecule has 0 heterocycles. The van der Waals surface area contributed by atoms with Crippen molar-refractivity contribution in [2.24, 2.45) is 0 Å². The molecule has 0 radical (unpaired) electrons. The first-order valence-corrected chi connectivity index (χ1v) is 8.96. The summed E-state index contributed by atoms with van der Waals surface area (Å²) < 4.78 is 0. The van der Waals surface area contributed by atoms with Crippen LogP contribution in [0, 0.1) is 0 Å². The first-order chi connectivity index (χ1) is 12.0. The van der Waals surface area contributed by atoms with Gasteiger partial charge in [-0.3, -0.25) is 9.59 Å². The highest BCUT2D eigenvalue weighted by atomic mass is 35.5. The van der Waals surface area contributed by atoms with Crippen molar-refractivity contribution in [3.05, 3.63) is 63.6 Å². The predicted octanol–water partition coefficient (Wildman–Crippen LogP) is 4.92. The fraction of sp³-hybridized carbons (Fsp3) is 0.263. The third-order valence-electron chi connectivity index (χ3n) is 4.28. The van der Waals surface area contributed by atoms with Gasteiger partial charge in [-0.15, -0.1) is 0 Å². The van der Waals surface area contributed by atoms with Crippen molar-refractivity contribution >= 4 is 40.7 Å². The largest absolute Gasteiger partial charge is 0.349 e. The van der Waals surface area contributed by atoms with E-state index in [0.29, 0.717) is 26.9 Å². The van der Waals surface area contributed by atoms with Crippen molar-refractivity contribution in [2.45, 2.75) is 31.7 Å². The van der Waals surface area contributed by atoms with Crippen molar-refractivity contribution in [3.63, 3.8) is 0 Å². The number of anilines is 1. The molecular weight excluding hydrogens is 359 g/mol. The van der Waals surface area contributed by atoms with Crippen LogP contribution < -0.4 is 10.6 Å². The van der Waals surface area contributed by atoms with Gasteiger partial charge in [0.15, 0.2) is 0 Å². The monoisotopic (exact) mass is 376 g/mol. The maximum atomic E-state index is 12.3. The zero-order valence-electron chi connectivity index (χ0n) is 13.5. The standard InChI is InChI=1S/C19H18Cl2N2O2/c20-14-9-10-16(21)17(11-14)23-19(25)13-7-5-12(6-8-13)18(24)22-15-3-1-2-4-15/h5-11,15H,1-4H2,(H,22,24)(H,23,25). The Morgan fingerprint density at radius 2 is 1.48 bits per heavy atom. The molecule has 3 rings (SSSR count). The van der Waals surface area contributed by atoms with Crippen LogP contribution >= 0.6 is 23.2 Å². The average molecular weight is 377 g/mol. The van der Waals surface area contributed by atoms with Gasteiger partial charge in [0, 0.05) is 22.2 Å². The molecule has 0 aromatic heterocycles. The summed E-state index contributed by atoms with van der Waals surface area (Å²) in [6, 6.07) is 11.7. The van der Waals surface area contributed by atoms with Crippen molar-refractivity contribution < 1.29 is 9.59 Å². The Labute approximate surface area is 156 Å². The van der Waals surface area contributed by atoms with Crippen molar-refractivity contribution in [2.75, 3.05) is 5.32 Å². The lowest BCUT2D eigenvalue weighted by atomic mass is 10.1.